The normalized spacial score (nSPS) is 12.4. The first-order chi connectivity index (χ1) is 8.56. The van der Waals surface area contributed by atoms with Gasteiger partial charge in [0.2, 0.25) is 0 Å². The van der Waals surface area contributed by atoms with E-state index in [0.29, 0.717) is 6.54 Å². The van der Waals surface area contributed by atoms with Gasteiger partial charge in [0.05, 0.1) is 0 Å². The minimum atomic E-state index is -0.163. The summed E-state index contributed by atoms with van der Waals surface area (Å²) in [7, 11) is 0. The molecule has 0 spiro atoms. The van der Waals surface area contributed by atoms with Crippen molar-refractivity contribution < 1.29 is 0 Å². The van der Waals surface area contributed by atoms with Crippen LogP contribution in [0.1, 0.15) is 22.7 Å². The van der Waals surface area contributed by atoms with Gasteiger partial charge >= 0.3 is 0 Å². The molecule has 0 aliphatic rings. The molecule has 0 aliphatic heterocycles. The highest BCUT2D eigenvalue weighted by molar-refractivity contribution is 5.30. The lowest BCUT2D eigenvalue weighted by atomic mass is 10.0. The van der Waals surface area contributed by atoms with Crippen LogP contribution in [0, 0.1) is 13.8 Å². The maximum atomic E-state index is 11.6. The molecule has 0 fully saturated rings. The Morgan fingerprint density at radius 3 is 2.44 bits per heavy atom. The molecule has 0 saturated heterocycles. The molecule has 1 unspecified atom stereocenters. The van der Waals surface area contributed by atoms with Crippen LogP contribution in [0.15, 0.2) is 47.4 Å². The smallest absolute Gasteiger partial charge is 0.250 e. The highest BCUT2D eigenvalue weighted by atomic mass is 16.1. The van der Waals surface area contributed by atoms with Crippen molar-refractivity contribution in [2.45, 2.75) is 26.4 Å². The van der Waals surface area contributed by atoms with Gasteiger partial charge in [-0.05, 0) is 25.5 Å². The number of hydrogen-bond acceptors (Lipinski definition) is 2. The van der Waals surface area contributed by atoms with Crippen molar-refractivity contribution in [2.75, 3.05) is 0 Å². The largest absolute Gasteiger partial charge is 0.322 e. The SMILES string of the molecule is Cc1cc(C)cc(C(N)Cn2ccccc2=O)c1. The fourth-order valence-corrected chi connectivity index (χ4v) is 2.15. The van der Waals surface area contributed by atoms with Crippen LogP contribution in [0.25, 0.3) is 0 Å². The molecule has 0 radical (unpaired) electrons. The van der Waals surface area contributed by atoms with Crippen LogP contribution < -0.4 is 11.3 Å². The number of nitrogens with two attached hydrogens (primary N) is 1. The molecule has 3 nitrogen and oxygen atoms in total. The second kappa shape index (κ2) is 5.19. The molecule has 0 aliphatic carbocycles. The van der Waals surface area contributed by atoms with Gasteiger partial charge in [-0.1, -0.05) is 35.4 Å². The average Bonchev–Trinajstić information content (AvgIpc) is 2.31. The first-order valence-corrected chi connectivity index (χ1v) is 6.05. The number of aryl methyl sites for hydroxylation is 2. The fraction of sp³-hybridized carbons (Fsp3) is 0.267. The number of aromatic nitrogens is 1. The van der Waals surface area contributed by atoms with Gasteiger partial charge < -0.3 is 10.3 Å². The van der Waals surface area contributed by atoms with E-state index in [2.05, 4.69) is 32.0 Å². The van der Waals surface area contributed by atoms with E-state index in [1.165, 1.54) is 11.1 Å². The monoisotopic (exact) mass is 242 g/mol. The molecule has 2 rings (SSSR count). The van der Waals surface area contributed by atoms with Gasteiger partial charge in [-0.15, -0.1) is 0 Å². The van der Waals surface area contributed by atoms with Gasteiger partial charge in [0.25, 0.3) is 5.56 Å². The third-order valence-electron chi connectivity index (χ3n) is 2.96. The Bertz CT molecular complexity index is 581. The minimum Gasteiger partial charge on any atom is -0.322 e. The lowest BCUT2D eigenvalue weighted by Crippen LogP contribution is -2.25. The maximum Gasteiger partial charge on any atom is 0.250 e. The lowest BCUT2D eigenvalue weighted by molar-refractivity contribution is 0.561. The molecule has 1 atom stereocenters. The van der Waals surface area contributed by atoms with Crippen LogP contribution in [-0.4, -0.2) is 4.57 Å². The number of nitrogens with zero attached hydrogens (tertiary/aromatic N) is 1. The maximum absolute atomic E-state index is 11.6. The molecule has 18 heavy (non-hydrogen) atoms. The van der Waals surface area contributed by atoms with Crippen molar-refractivity contribution in [3.05, 3.63) is 69.6 Å². The fourth-order valence-electron chi connectivity index (χ4n) is 2.15. The summed E-state index contributed by atoms with van der Waals surface area (Å²) in [6.45, 7) is 4.61. The van der Waals surface area contributed by atoms with Gasteiger partial charge in [0.15, 0.2) is 0 Å². The molecule has 94 valence electrons. The summed E-state index contributed by atoms with van der Waals surface area (Å²) in [5.41, 5.74) is 9.62. The molecular weight excluding hydrogens is 224 g/mol. The first-order valence-electron chi connectivity index (χ1n) is 6.05. The molecule has 0 amide bonds. The van der Waals surface area contributed by atoms with Gasteiger partial charge in [-0.25, -0.2) is 0 Å². The van der Waals surface area contributed by atoms with Crippen LogP contribution in [-0.2, 0) is 6.54 Å². The Morgan fingerprint density at radius 2 is 1.83 bits per heavy atom. The highest BCUT2D eigenvalue weighted by Gasteiger charge is 2.08. The molecule has 1 heterocycles. The molecule has 1 aromatic heterocycles. The standard InChI is InChI=1S/C15H18N2O/c1-11-7-12(2)9-13(8-11)14(16)10-17-6-4-3-5-15(17)18/h3-9,14H,10,16H2,1-2H3. The predicted octanol–water partition coefficient (Wildman–Crippen LogP) is 2.17. The van der Waals surface area contributed by atoms with Gasteiger partial charge in [0.1, 0.15) is 0 Å². The Labute approximate surface area is 107 Å². The molecule has 2 aromatic rings. The van der Waals surface area contributed by atoms with E-state index in [1.807, 2.05) is 6.07 Å². The van der Waals surface area contributed by atoms with E-state index in [1.54, 1.807) is 22.9 Å². The zero-order valence-corrected chi connectivity index (χ0v) is 10.8. The molecule has 3 heteroatoms. The van der Waals surface area contributed by atoms with Crippen LogP contribution >= 0.6 is 0 Å². The Balaban J connectivity index is 2.24. The Morgan fingerprint density at radius 1 is 1.17 bits per heavy atom. The lowest BCUT2D eigenvalue weighted by Gasteiger charge is -2.15. The molecule has 0 saturated carbocycles. The summed E-state index contributed by atoms with van der Waals surface area (Å²) in [5, 5.41) is 0. The van der Waals surface area contributed by atoms with Crippen molar-refractivity contribution in [1.82, 2.24) is 4.57 Å². The topological polar surface area (TPSA) is 48.0 Å². The van der Waals surface area contributed by atoms with E-state index in [0.717, 1.165) is 5.56 Å². The van der Waals surface area contributed by atoms with Crippen LogP contribution in [0.4, 0.5) is 0 Å². The summed E-state index contributed by atoms with van der Waals surface area (Å²) < 4.78 is 1.64. The number of rotatable bonds is 3. The van der Waals surface area contributed by atoms with Crippen molar-refractivity contribution in [2.24, 2.45) is 5.73 Å². The van der Waals surface area contributed by atoms with Crippen molar-refractivity contribution in [1.29, 1.82) is 0 Å². The predicted molar refractivity (Wildman–Crippen MR) is 73.5 cm³/mol. The van der Waals surface area contributed by atoms with Crippen LogP contribution in [0.5, 0.6) is 0 Å². The Hall–Kier alpha value is -1.87. The molecule has 1 aromatic carbocycles. The van der Waals surface area contributed by atoms with Crippen molar-refractivity contribution >= 4 is 0 Å². The summed E-state index contributed by atoms with van der Waals surface area (Å²) in [4.78, 5) is 11.6. The first kappa shape index (κ1) is 12.6. The van der Waals surface area contributed by atoms with Crippen molar-refractivity contribution in [3.8, 4) is 0 Å². The molecule has 0 bridgehead atoms. The number of pyridine rings is 1. The third kappa shape index (κ3) is 2.87. The summed E-state index contributed by atoms with van der Waals surface area (Å²) in [5.74, 6) is 0. The van der Waals surface area contributed by atoms with Crippen LogP contribution in [0.3, 0.4) is 0 Å². The van der Waals surface area contributed by atoms with Crippen molar-refractivity contribution in [3.63, 3.8) is 0 Å². The quantitative estimate of drug-likeness (QED) is 0.896. The zero-order chi connectivity index (χ0) is 13.1. The highest BCUT2D eigenvalue weighted by Crippen LogP contribution is 2.16. The van der Waals surface area contributed by atoms with E-state index in [4.69, 9.17) is 5.73 Å². The van der Waals surface area contributed by atoms with E-state index >= 15 is 0 Å². The zero-order valence-electron chi connectivity index (χ0n) is 10.8. The summed E-state index contributed by atoms with van der Waals surface area (Å²) in [6, 6.07) is 11.2. The summed E-state index contributed by atoms with van der Waals surface area (Å²) >= 11 is 0. The Kier molecular flexibility index (Phi) is 3.63. The minimum absolute atomic E-state index is 0.0164. The van der Waals surface area contributed by atoms with Gasteiger partial charge in [-0.3, -0.25) is 4.79 Å². The van der Waals surface area contributed by atoms with Gasteiger partial charge in [0, 0.05) is 24.8 Å². The van der Waals surface area contributed by atoms with E-state index in [-0.39, 0.29) is 11.6 Å². The third-order valence-corrected chi connectivity index (χ3v) is 2.96. The average molecular weight is 242 g/mol. The van der Waals surface area contributed by atoms with E-state index < -0.39 is 0 Å². The molecular formula is C15H18N2O. The van der Waals surface area contributed by atoms with Gasteiger partial charge in [-0.2, -0.15) is 0 Å². The molecule has 2 N–H and O–H groups in total. The number of benzene rings is 1. The summed E-state index contributed by atoms with van der Waals surface area (Å²) in [6.07, 6.45) is 1.77. The number of hydrogen-bond donors (Lipinski definition) is 1. The van der Waals surface area contributed by atoms with Crippen LogP contribution in [0.2, 0.25) is 0 Å². The second-order valence-electron chi connectivity index (χ2n) is 4.72. The second-order valence-corrected chi connectivity index (χ2v) is 4.72. The van der Waals surface area contributed by atoms with E-state index in [9.17, 15) is 4.79 Å².